The van der Waals surface area contributed by atoms with Crippen LogP contribution in [0.2, 0.25) is 0 Å². The van der Waals surface area contributed by atoms with E-state index in [4.69, 9.17) is 0 Å². The predicted octanol–water partition coefficient (Wildman–Crippen LogP) is 2.43. The number of nitrogens with zero attached hydrogens (tertiary/aromatic N) is 1. The predicted molar refractivity (Wildman–Crippen MR) is 81.0 cm³/mol. The summed E-state index contributed by atoms with van der Waals surface area (Å²) in [5.41, 5.74) is 2.07. The van der Waals surface area contributed by atoms with Gasteiger partial charge in [0.15, 0.2) is 0 Å². The first-order chi connectivity index (χ1) is 9.46. The number of aryl methyl sites for hydroxylation is 1. The van der Waals surface area contributed by atoms with Gasteiger partial charge in [0.2, 0.25) is 10.0 Å². The number of aromatic nitrogens is 1. The highest BCUT2D eigenvalue weighted by molar-refractivity contribution is 7.89. The van der Waals surface area contributed by atoms with Crippen molar-refractivity contribution in [3.63, 3.8) is 0 Å². The molecule has 0 aromatic carbocycles. The van der Waals surface area contributed by atoms with Crippen molar-refractivity contribution in [2.45, 2.75) is 52.0 Å². The Labute approximate surface area is 122 Å². The summed E-state index contributed by atoms with van der Waals surface area (Å²) < 4.78 is 27.1. The van der Waals surface area contributed by atoms with Crippen molar-refractivity contribution < 1.29 is 8.42 Å². The van der Waals surface area contributed by atoms with Crippen LogP contribution in [-0.4, -0.2) is 25.2 Å². The molecule has 0 amide bonds. The quantitative estimate of drug-likeness (QED) is 0.877. The zero-order valence-corrected chi connectivity index (χ0v) is 13.1. The lowest BCUT2D eigenvalue weighted by atomic mass is 10.1. The van der Waals surface area contributed by atoms with Crippen LogP contribution in [0.15, 0.2) is 18.3 Å². The van der Waals surface area contributed by atoms with E-state index in [2.05, 4.69) is 9.71 Å². The van der Waals surface area contributed by atoms with Gasteiger partial charge in [-0.25, -0.2) is 13.1 Å². The molecule has 1 N–H and O–H groups in total. The summed E-state index contributed by atoms with van der Waals surface area (Å²) >= 11 is 0. The van der Waals surface area contributed by atoms with Crippen molar-refractivity contribution in [3.05, 3.63) is 29.6 Å². The highest BCUT2D eigenvalue weighted by Gasteiger charge is 2.23. The topological polar surface area (TPSA) is 59.1 Å². The molecule has 1 atom stereocenters. The summed E-state index contributed by atoms with van der Waals surface area (Å²) in [5.74, 6) is 0.620. The Kier molecular flexibility index (Phi) is 5.16. The molecule has 112 valence electrons. The smallest absolute Gasteiger partial charge is 0.212 e. The first kappa shape index (κ1) is 15.4. The summed E-state index contributed by atoms with van der Waals surface area (Å²) in [5, 5.41) is 0. The molecule has 1 aromatic heterocycles. The fourth-order valence-corrected chi connectivity index (χ4v) is 4.65. The molecule has 4 nitrogen and oxygen atoms in total. The van der Waals surface area contributed by atoms with E-state index in [9.17, 15) is 8.42 Å². The van der Waals surface area contributed by atoms with Crippen molar-refractivity contribution in [2.75, 3.05) is 5.75 Å². The fraction of sp³-hybridized carbons (Fsp3) is 0.667. The summed E-state index contributed by atoms with van der Waals surface area (Å²) in [4.78, 5) is 4.32. The lowest BCUT2D eigenvalue weighted by molar-refractivity contribution is 0.531. The molecule has 0 radical (unpaired) electrons. The van der Waals surface area contributed by atoms with Crippen molar-refractivity contribution in [3.8, 4) is 0 Å². The Balaban J connectivity index is 1.90. The normalized spacial score (nSPS) is 18.3. The molecule has 1 fully saturated rings. The van der Waals surface area contributed by atoms with E-state index in [-0.39, 0.29) is 11.8 Å². The van der Waals surface area contributed by atoms with Crippen LogP contribution >= 0.6 is 0 Å². The molecule has 1 unspecified atom stereocenters. The molecule has 1 aromatic rings. The van der Waals surface area contributed by atoms with Gasteiger partial charge in [-0.05, 0) is 44.2 Å². The van der Waals surface area contributed by atoms with Gasteiger partial charge >= 0.3 is 0 Å². The first-order valence-electron chi connectivity index (χ1n) is 7.37. The number of hydrogen-bond acceptors (Lipinski definition) is 3. The molecule has 0 spiro atoms. The third-order valence-electron chi connectivity index (χ3n) is 3.93. The average molecular weight is 296 g/mol. The lowest BCUT2D eigenvalue weighted by Gasteiger charge is -2.17. The van der Waals surface area contributed by atoms with Gasteiger partial charge in [0.1, 0.15) is 0 Å². The van der Waals surface area contributed by atoms with Gasteiger partial charge < -0.3 is 0 Å². The lowest BCUT2D eigenvalue weighted by Crippen LogP contribution is -2.37. The second kappa shape index (κ2) is 6.68. The van der Waals surface area contributed by atoms with Gasteiger partial charge in [0, 0.05) is 24.4 Å². The number of nitrogens with one attached hydrogen (secondary N) is 1. The number of sulfonamides is 1. The third kappa shape index (κ3) is 4.56. The third-order valence-corrected chi connectivity index (χ3v) is 5.60. The number of hydrogen-bond donors (Lipinski definition) is 1. The van der Waals surface area contributed by atoms with Gasteiger partial charge in [0.25, 0.3) is 0 Å². The molecule has 0 bridgehead atoms. The van der Waals surface area contributed by atoms with Gasteiger partial charge in [0.05, 0.1) is 5.75 Å². The maximum Gasteiger partial charge on any atom is 0.212 e. The summed E-state index contributed by atoms with van der Waals surface area (Å²) in [7, 11) is -3.17. The minimum absolute atomic E-state index is 0.116. The molecule has 2 rings (SSSR count). The van der Waals surface area contributed by atoms with Crippen LogP contribution in [0.1, 0.15) is 43.9 Å². The molecule has 1 aliphatic carbocycles. The van der Waals surface area contributed by atoms with Crippen LogP contribution in [0.3, 0.4) is 0 Å². The molecular weight excluding hydrogens is 272 g/mol. The molecule has 1 aliphatic rings. The summed E-state index contributed by atoms with van der Waals surface area (Å²) in [6, 6.07) is 3.78. The molecular formula is C15H24N2O2S. The van der Waals surface area contributed by atoms with Crippen molar-refractivity contribution in [2.24, 2.45) is 5.92 Å². The molecule has 1 saturated carbocycles. The van der Waals surface area contributed by atoms with Crippen LogP contribution in [0.4, 0.5) is 0 Å². The monoisotopic (exact) mass is 296 g/mol. The van der Waals surface area contributed by atoms with Crippen molar-refractivity contribution >= 4 is 10.0 Å². The Bertz CT molecular complexity index is 537. The van der Waals surface area contributed by atoms with Crippen molar-refractivity contribution in [1.82, 2.24) is 9.71 Å². The van der Waals surface area contributed by atoms with E-state index in [0.29, 0.717) is 12.3 Å². The first-order valence-corrected chi connectivity index (χ1v) is 9.02. The maximum absolute atomic E-state index is 12.1. The second-order valence-corrected chi connectivity index (χ2v) is 7.72. The Morgan fingerprint density at radius 3 is 2.75 bits per heavy atom. The van der Waals surface area contributed by atoms with E-state index >= 15 is 0 Å². The van der Waals surface area contributed by atoms with Crippen LogP contribution < -0.4 is 4.72 Å². The summed E-state index contributed by atoms with van der Waals surface area (Å²) in [6.07, 6.45) is 6.83. The van der Waals surface area contributed by atoms with Crippen LogP contribution in [0, 0.1) is 12.8 Å². The molecule has 0 saturated heterocycles. The molecule has 5 heteroatoms. The zero-order chi connectivity index (χ0) is 14.6. The van der Waals surface area contributed by atoms with Gasteiger partial charge in [-0.15, -0.1) is 0 Å². The minimum atomic E-state index is -3.17. The largest absolute Gasteiger partial charge is 0.261 e. The van der Waals surface area contributed by atoms with E-state index in [1.165, 1.54) is 12.8 Å². The highest BCUT2D eigenvalue weighted by atomic mass is 32.2. The zero-order valence-electron chi connectivity index (χ0n) is 12.3. The second-order valence-electron chi connectivity index (χ2n) is 5.92. The highest BCUT2D eigenvalue weighted by Crippen LogP contribution is 2.25. The van der Waals surface area contributed by atoms with Gasteiger partial charge in [-0.1, -0.05) is 18.9 Å². The Hall–Kier alpha value is -0.940. The molecule has 0 aliphatic heterocycles. The van der Waals surface area contributed by atoms with E-state index in [1.54, 1.807) is 6.20 Å². The van der Waals surface area contributed by atoms with E-state index in [1.807, 2.05) is 26.0 Å². The van der Waals surface area contributed by atoms with Gasteiger partial charge in [-0.2, -0.15) is 0 Å². The Morgan fingerprint density at radius 1 is 1.40 bits per heavy atom. The maximum atomic E-state index is 12.1. The molecule has 20 heavy (non-hydrogen) atoms. The van der Waals surface area contributed by atoms with Crippen LogP contribution in [-0.2, 0) is 16.4 Å². The van der Waals surface area contributed by atoms with E-state index < -0.39 is 10.0 Å². The average Bonchev–Trinajstić information content (AvgIpc) is 2.83. The fourth-order valence-electron chi connectivity index (χ4n) is 2.91. The Morgan fingerprint density at radius 2 is 2.10 bits per heavy atom. The number of rotatable bonds is 6. The van der Waals surface area contributed by atoms with Crippen LogP contribution in [0.5, 0.6) is 0 Å². The van der Waals surface area contributed by atoms with Crippen LogP contribution in [0.25, 0.3) is 0 Å². The van der Waals surface area contributed by atoms with Crippen molar-refractivity contribution in [1.29, 1.82) is 0 Å². The SMILES string of the molecule is Cc1cccnc1CC(C)NS(=O)(=O)CC1CCCC1. The number of pyridine rings is 1. The van der Waals surface area contributed by atoms with Gasteiger partial charge in [-0.3, -0.25) is 4.98 Å². The van der Waals surface area contributed by atoms with E-state index in [0.717, 1.165) is 24.1 Å². The summed E-state index contributed by atoms with van der Waals surface area (Å²) in [6.45, 7) is 3.91. The standard InChI is InChI=1S/C15H24N2O2S/c1-12-6-5-9-16-15(12)10-13(2)17-20(18,19)11-14-7-3-4-8-14/h5-6,9,13-14,17H,3-4,7-8,10-11H2,1-2H3. The molecule has 1 heterocycles. The minimum Gasteiger partial charge on any atom is -0.261 e.